The van der Waals surface area contributed by atoms with Crippen LogP contribution >= 0.6 is 0 Å². The lowest BCUT2D eigenvalue weighted by atomic mass is 9.82. The van der Waals surface area contributed by atoms with E-state index in [0.29, 0.717) is 11.5 Å². The molecule has 1 atom stereocenters. The van der Waals surface area contributed by atoms with Crippen LogP contribution in [0.5, 0.6) is 5.75 Å². The molecule has 1 N–H and O–H groups in total. The fraction of sp³-hybridized carbons (Fsp3) is 0.353. The van der Waals surface area contributed by atoms with Crippen molar-refractivity contribution in [2.45, 2.75) is 26.8 Å². The van der Waals surface area contributed by atoms with E-state index in [1.165, 1.54) is 0 Å². The molecule has 0 spiro atoms. The van der Waals surface area contributed by atoms with Gasteiger partial charge in [-0.15, -0.1) is 10.2 Å². The van der Waals surface area contributed by atoms with Gasteiger partial charge in [-0.25, -0.2) is 0 Å². The van der Waals surface area contributed by atoms with E-state index in [1.807, 2.05) is 30.3 Å². The third-order valence-electron chi connectivity index (χ3n) is 3.39. The van der Waals surface area contributed by atoms with E-state index in [9.17, 15) is 0 Å². The molecule has 2 rings (SSSR count). The number of methoxy groups -OCH3 is 1. The van der Waals surface area contributed by atoms with E-state index in [2.05, 4.69) is 36.3 Å². The summed E-state index contributed by atoms with van der Waals surface area (Å²) in [6, 6.07) is 13.3. The molecular formula is C17H20N4O. The number of benzene rings is 1. The Labute approximate surface area is 131 Å². The molecule has 2 aromatic rings. The molecule has 0 saturated heterocycles. The van der Waals surface area contributed by atoms with Crippen molar-refractivity contribution in [3.63, 3.8) is 0 Å². The van der Waals surface area contributed by atoms with Gasteiger partial charge in [0, 0.05) is 5.56 Å². The van der Waals surface area contributed by atoms with E-state index in [0.717, 1.165) is 11.3 Å². The third kappa shape index (κ3) is 3.53. The summed E-state index contributed by atoms with van der Waals surface area (Å²) in [5.41, 5.74) is 1.29. The van der Waals surface area contributed by atoms with Crippen molar-refractivity contribution in [3.8, 4) is 11.8 Å². The first-order chi connectivity index (χ1) is 10.5. The lowest BCUT2D eigenvalue weighted by Crippen LogP contribution is -2.26. The maximum atomic E-state index is 8.80. The summed E-state index contributed by atoms with van der Waals surface area (Å²) in [6.45, 7) is 6.44. The van der Waals surface area contributed by atoms with Crippen LogP contribution in [0.15, 0.2) is 36.4 Å². The highest BCUT2D eigenvalue weighted by Gasteiger charge is 2.29. The lowest BCUT2D eigenvalue weighted by Gasteiger charge is -2.33. The predicted molar refractivity (Wildman–Crippen MR) is 85.6 cm³/mol. The standard InChI is InChI=1S/C17H20N4O/c1-17(2,3)16(13-7-5-6-8-14(13)22-4)19-15-10-9-12(11-18)20-21-15/h5-10,16H,1-4H3,(H,19,21). The fourth-order valence-electron chi connectivity index (χ4n) is 2.28. The zero-order valence-corrected chi connectivity index (χ0v) is 13.3. The number of anilines is 1. The van der Waals surface area contributed by atoms with Crippen LogP contribution < -0.4 is 10.1 Å². The van der Waals surface area contributed by atoms with E-state index < -0.39 is 0 Å². The minimum absolute atomic E-state index is 0.00844. The van der Waals surface area contributed by atoms with Crippen molar-refractivity contribution < 1.29 is 4.74 Å². The van der Waals surface area contributed by atoms with Gasteiger partial charge in [-0.3, -0.25) is 0 Å². The largest absolute Gasteiger partial charge is 0.496 e. The van der Waals surface area contributed by atoms with Crippen molar-refractivity contribution >= 4 is 5.82 Å². The smallest absolute Gasteiger partial charge is 0.163 e. The molecule has 1 unspecified atom stereocenters. The molecule has 5 nitrogen and oxygen atoms in total. The zero-order chi connectivity index (χ0) is 16.2. The molecule has 0 radical (unpaired) electrons. The second-order valence-electron chi connectivity index (χ2n) is 6.10. The fourth-order valence-corrected chi connectivity index (χ4v) is 2.28. The number of hydrogen-bond donors (Lipinski definition) is 1. The average Bonchev–Trinajstić information content (AvgIpc) is 2.52. The second kappa shape index (κ2) is 6.44. The summed E-state index contributed by atoms with van der Waals surface area (Å²) in [5.74, 6) is 1.46. The summed E-state index contributed by atoms with van der Waals surface area (Å²) < 4.78 is 5.48. The molecule has 0 aliphatic heterocycles. The Balaban J connectivity index is 2.37. The van der Waals surface area contributed by atoms with Crippen molar-refractivity contribution in [2.75, 3.05) is 12.4 Å². The summed E-state index contributed by atoms with van der Waals surface area (Å²) in [4.78, 5) is 0. The zero-order valence-electron chi connectivity index (χ0n) is 13.3. The van der Waals surface area contributed by atoms with E-state index >= 15 is 0 Å². The maximum Gasteiger partial charge on any atom is 0.163 e. The SMILES string of the molecule is COc1ccccc1C(Nc1ccc(C#N)nn1)C(C)(C)C. The molecule has 0 aliphatic carbocycles. The van der Waals surface area contributed by atoms with Gasteiger partial charge in [0.2, 0.25) is 0 Å². The lowest BCUT2D eigenvalue weighted by molar-refractivity contribution is 0.331. The number of hydrogen-bond acceptors (Lipinski definition) is 5. The number of rotatable bonds is 4. The number of nitrogens with zero attached hydrogens (tertiary/aromatic N) is 3. The minimum Gasteiger partial charge on any atom is -0.496 e. The molecule has 0 bridgehead atoms. The van der Waals surface area contributed by atoms with Gasteiger partial charge in [-0.05, 0) is 23.6 Å². The molecule has 5 heteroatoms. The normalized spacial score (nSPS) is 12.3. The first kappa shape index (κ1) is 15.8. The predicted octanol–water partition coefficient (Wildman–Crippen LogP) is 3.56. The van der Waals surface area contributed by atoms with Gasteiger partial charge in [0.05, 0.1) is 13.2 Å². The molecule has 0 fully saturated rings. The summed E-state index contributed by atoms with van der Waals surface area (Å²) >= 11 is 0. The molecule has 0 amide bonds. The van der Waals surface area contributed by atoms with Gasteiger partial charge < -0.3 is 10.1 Å². The Morgan fingerprint density at radius 3 is 2.41 bits per heavy atom. The van der Waals surface area contributed by atoms with Crippen LogP contribution in [0.3, 0.4) is 0 Å². The Morgan fingerprint density at radius 1 is 1.14 bits per heavy atom. The van der Waals surface area contributed by atoms with Crippen LogP contribution in [-0.2, 0) is 0 Å². The average molecular weight is 296 g/mol. The van der Waals surface area contributed by atoms with Crippen LogP contribution in [0.1, 0.15) is 38.1 Å². The number of ether oxygens (including phenoxy) is 1. The number of nitriles is 1. The van der Waals surface area contributed by atoms with Crippen molar-refractivity contribution in [1.82, 2.24) is 10.2 Å². The van der Waals surface area contributed by atoms with Crippen LogP contribution in [0.4, 0.5) is 5.82 Å². The number of aromatic nitrogens is 2. The summed E-state index contributed by atoms with van der Waals surface area (Å²) in [6.07, 6.45) is 0. The maximum absolute atomic E-state index is 8.80. The van der Waals surface area contributed by atoms with Gasteiger partial charge >= 0.3 is 0 Å². The Bertz CT molecular complexity index is 668. The monoisotopic (exact) mass is 296 g/mol. The highest BCUT2D eigenvalue weighted by Crippen LogP contribution is 2.39. The molecule has 0 saturated carbocycles. The molecule has 0 aliphatic rings. The topological polar surface area (TPSA) is 70.8 Å². The Hall–Kier alpha value is -2.61. The molecule has 1 aromatic carbocycles. The van der Waals surface area contributed by atoms with Crippen LogP contribution in [0.25, 0.3) is 0 Å². The summed E-state index contributed by atoms with van der Waals surface area (Å²) in [5, 5.41) is 20.1. The molecule has 1 heterocycles. The van der Waals surface area contributed by atoms with E-state index in [1.54, 1.807) is 19.2 Å². The number of para-hydroxylation sites is 1. The van der Waals surface area contributed by atoms with Crippen molar-refractivity contribution in [2.24, 2.45) is 5.41 Å². The van der Waals surface area contributed by atoms with E-state index in [-0.39, 0.29) is 11.5 Å². The first-order valence-corrected chi connectivity index (χ1v) is 7.09. The highest BCUT2D eigenvalue weighted by atomic mass is 16.5. The highest BCUT2D eigenvalue weighted by molar-refractivity contribution is 5.44. The summed E-state index contributed by atoms with van der Waals surface area (Å²) in [7, 11) is 1.67. The molecule has 114 valence electrons. The Kier molecular flexibility index (Phi) is 4.62. The molecule has 1 aromatic heterocycles. The van der Waals surface area contributed by atoms with Crippen molar-refractivity contribution in [3.05, 3.63) is 47.7 Å². The van der Waals surface area contributed by atoms with Crippen molar-refractivity contribution in [1.29, 1.82) is 5.26 Å². The second-order valence-corrected chi connectivity index (χ2v) is 6.10. The van der Waals surface area contributed by atoms with E-state index in [4.69, 9.17) is 10.00 Å². The van der Waals surface area contributed by atoms with Gasteiger partial charge in [0.1, 0.15) is 17.6 Å². The van der Waals surface area contributed by atoms with Gasteiger partial charge in [0.25, 0.3) is 0 Å². The first-order valence-electron chi connectivity index (χ1n) is 7.09. The van der Waals surface area contributed by atoms with Gasteiger partial charge in [-0.1, -0.05) is 39.0 Å². The quantitative estimate of drug-likeness (QED) is 0.934. The van der Waals surface area contributed by atoms with Crippen LogP contribution in [0, 0.1) is 16.7 Å². The third-order valence-corrected chi connectivity index (χ3v) is 3.39. The van der Waals surface area contributed by atoms with Gasteiger partial charge in [-0.2, -0.15) is 5.26 Å². The molecular weight excluding hydrogens is 276 g/mol. The Morgan fingerprint density at radius 2 is 1.86 bits per heavy atom. The van der Waals surface area contributed by atoms with Crippen LogP contribution in [-0.4, -0.2) is 17.3 Å². The molecule has 22 heavy (non-hydrogen) atoms. The minimum atomic E-state index is -0.0653. The van der Waals surface area contributed by atoms with Gasteiger partial charge in [0.15, 0.2) is 5.69 Å². The van der Waals surface area contributed by atoms with Crippen LogP contribution in [0.2, 0.25) is 0 Å². The number of nitrogens with one attached hydrogen (secondary N) is 1.